The Morgan fingerprint density at radius 2 is 2.31 bits per heavy atom. The maximum atomic E-state index is 8.13. The molecular weight excluding hydrogens is 172 g/mol. The van der Waals surface area contributed by atoms with E-state index >= 15 is 0 Å². The molecule has 0 amide bonds. The molecule has 0 aromatic carbocycles. The fraction of sp³-hybridized carbons (Fsp3) is 0.400. The summed E-state index contributed by atoms with van der Waals surface area (Å²) in [4.78, 5) is 13.7. The van der Waals surface area contributed by atoms with E-state index in [9.17, 15) is 0 Å². The van der Waals surface area contributed by atoms with Crippen LogP contribution in [-0.4, -0.2) is 21.5 Å². The van der Waals surface area contributed by atoms with Crippen molar-refractivity contribution in [3.05, 3.63) is 10.4 Å². The number of azide groups is 1. The summed E-state index contributed by atoms with van der Waals surface area (Å²) in [7, 11) is 0. The van der Waals surface area contributed by atoms with Crippen LogP contribution in [0.5, 0.6) is 0 Å². The van der Waals surface area contributed by atoms with Crippen molar-refractivity contribution in [1.29, 1.82) is 0 Å². The van der Waals surface area contributed by atoms with Crippen molar-refractivity contribution in [2.45, 2.75) is 6.92 Å². The normalized spacial score (nSPS) is 9.00. The minimum absolute atomic E-state index is 0.0216. The molecule has 3 N–H and O–H groups in total. The summed E-state index contributed by atoms with van der Waals surface area (Å²) in [6.07, 6.45) is 0. The van der Waals surface area contributed by atoms with Crippen LogP contribution in [0.1, 0.15) is 6.92 Å². The zero-order valence-electron chi connectivity index (χ0n) is 6.97. The first-order valence-corrected chi connectivity index (χ1v) is 3.56. The van der Waals surface area contributed by atoms with E-state index in [0.717, 1.165) is 0 Å². The highest BCUT2D eigenvalue weighted by molar-refractivity contribution is 5.36. The van der Waals surface area contributed by atoms with Gasteiger partial charge in [-0.15, -0.1) is 0 Å². The van der Waals surface area contributed by atoms with Gasteiger partial charge in [0.1, 0.15) is 0 Å². The molecule has 68 valence electrons. The van der Waals surface area contributed by atoms with Gasteiger partial charge in [-0.1, -0.05) is 0 Å². The number of nitrogens with one attached hydrogen (secondary N) is 1. The van der Waals surface area contributed by atoms with Crippen molar-refractivity contribution in [3.8, 4) is 0 Å². The summed E-state index contributed by atoms with van der Waals surface area (Å²) >= 11 is 0. The first kappa shape index (κ1) is 9.01. The molecule has 0 radical (unpaired) electrons. The van der Waals surface area contributed by atoms with Gasteiger partial charge in [0.2, 0.25) is 17.8 Å². The highest BCUT2D eigenvalue weighted by atomic mass is 15.3. The van der Waals surface area contributed by atoms with Gasteiger partial charge in [0.05, 0.1) is 0 Å². The average molecular weight is 180 g/mol. The molecule has 0 aliphatic heterocycles. The third-order valence-corrected chi connectivity index (χ3v) is 1.11. The summed E-state index contributed by atoms with van der Waals surface area (Å²) in [6, 6.07) is 0. The highest BCUT2D eigenvalue weighted by Crippen LogP contribution is 2.08. The number of anilines is 2. The molecular formula is C5H8N8. The van der Waals surface area contributed by atoms with Gasteiger partial charge in [0.15, 0.2) is 0 Å². The molecule has 1 aromatic rings. The molecule has 0 fully saturated rings. The van der Waals surface area contributed by atoms with Crippen LogP contribution in [0.3, 0.4) is 0 Å². The zero-order chi connectivity index (χ0) is 9.68. The lowest BCUT2D eigenvalue weighted by Gasteiger charge is -2.01. The largest absolute Gasteiger partial charge is 0.368 e. The average Bonchev–Trinajstić information content (AvgIpc) is 2.04. The minimum Gasteiger partial charge on any atom is -0.368 e. The van der Waals surface area contributed by atoms with Gasteiger partial charge in [-0.2, -0.15) is 15.0 Å². The van der Waals surface area contributed by atoms with E-state index in [-0.39, 0.29) is 11.9 Å². The molecule has 0 atom stereocenters. The second-order valence-corrected chi connectivity index (χ2v) is 2.04. The molecule has 0 saturated heterocycles. The van der Waals surface area contributed by atoms with Gasteiger partial charge in [0, 0.05) is 11.5 Å². The quantitative estimate of drug-likeness (QED) is 0.404. The lowest BCUT2D eigenvalue weighted by molar-refractivity contribution is 1.02. The number of nitrogens with zero attached hydrogens (tertiary/aromatic N) is 6. The fourth-order valence-corrected chi connectivity index (χ4v) is 0.703. The Labute approximate surface area is 73.8 Å². The standard InChI is InChI=1S/C5H8N8/c1-2-8-4-9-3(6)10-5(11-4)12-13-7/h2H2,1H3,(H3,6,8,9,10,11). The third-order valence-electron chi connectivity index (χ3n) is 1.11. The van der Waals surface area contributed by atoms with Gasteiger partial charge in [0.25, 0.3) is 0 Å². The lowest BCUT2D eigenvalue weighted by atomic mass is 10.7. The number of rotatable bonds is 3. The van der Waals surface area contributed by atoms with Crippen LogP contribution in [0.2, 0.25) is 0 Å². The SMILES string of the molecule is CCNc1nc(N)nc(N=[N+]=[N-])n1. The Morgan fingerprint density at radius 1 is 1.54 bits per heavy atom. The molecule has 1 heterocycles. The number of hydrogen-bond acceptors (Lipinski definition) is 6. The van der Waals surface area contributed by atoms with Crippen molar-refractivity contribution < 1.29 is 0 Å². The summed E-state index contributed by atoms with van der Waals surface area (Å²) in [5, 5.41) is 6.03. The van der Waals surface area contributed by atoms with Crippen molar-refractivity contribution in [2.75, 3.05) is 17.6 Å². The van der Waals surface area contributed by atoms with Crippen LogP contribution in [0.15, 0.2) is 5.11 Å². The van der Waals surface area contributed by atoms with Crippen molar-refractivity contribution in [2.24, 2.45) is 5.11 Å². The van der Waals surface area contributed by atoms with Crippen LogP contribution in [0.25, 0.3) is 10.4 Å². The number of nitrogens with two attached hydrogens (primary N) is 1. The smallest absolute Gasteiger partial charge is 0.227 e. The number of hydrogen-bond donors (Lipinski definition) is 2. The molecule has 0 aliphatic rings. The molecule has 8 nitrogen and oxygen atoms in total. The second kappa shape index (κ2) is 4.07. The van der Waals surface area contributed by atoms with E-state index < -0.39 is 0 Å². The topological polar surface area (TPSA) is 125 Å². The Morgan fingerprint density at radius 3 is 2.92 bits per heavy atom. The highest BCUT2D eigenvalue weighted by Gasteiger charge is 2.00. The summed E-state index contributed by atoms with van der Waals surface area (Å²) in [5.41, 5.74) is 13.5. The first-order valence-electron chi connectivity index (χ1n) is 3.56. The van der Waals surface area contributed by atoms with Gasteiger partial charge in [-0.3, -0.25) is 0 Å². The summed E-state index contributed by atoms with van der Waals surface area (Å²) < 4.78 is 0. The lowest BCUT2D eigenvalue weighted by Crippen LogP contribution is -2.05. The van der Waals surface area contributed by atoms with Crippen LogP contribution >= 0.6 is 0 Å². The minimum atomic E-state index is -0.0362. The Hall–Kier alpha value is -2.08. The van der Waals surface area contributed by atoms with E-state index in [1.807, 2.05) is 6.92 Å². The van der Waals surface area contributed by atoms with Crippen LogP contribution in [0, 0.1) is 0 Å². The maximum Gasteiger partial charge on any atom is 0.227 e. The second-order valence-electron chi connectivity index (χ2n) is 2.04. The van der Waals surface area contributed by atoms with Gasteiger partial charge in [-0.05, 0) is 17.6 Å². The van der Waals surface area contributed by atoms with Crippen molar-refractivity contribution in [1.82, 2.24) is 15.0 Å². The van der Waals surface area contributed by atoms with Crippen LogP contribution in [-0.2, 0) is 0 Å². The van der Waals surface area contributed by atoms with Crippen LogP contribution in [0.4, 0.5) is 17.8 Å². The van der Waals surface area contributed by atoms with Crippen LogP contribution < -0.4 is 11.1 Å². The predicted molar refractivity (Wildman–Crippen MR) is 47.2 cm³/mol. The monoisotopic (exact) mass is 180 g/mol. The van der Waals surface area contributed by atoms with Gasteiger partial charge < -0.3 is 11.1 Å². The van der Waals surface area contributed by atoms with Gasteiger partial charge in [-0.25, -0.2) is 0 Å². The third kappa shape index (κ3) is 2.46. The zero-order valence-corrected chi connectivity index (χ0v) is 6.97. The van der Waals surface area contributed by atoms with E-state index in [1.54, 1.807) is 0 Å². The van der Waals surface area contributed by atoms with Crippen molar-refractivity contribution in [3.63, 3.8) is 0 Å². The molecule has 0 aliphatic carbocycles. The van der Waals surface area contributed by atoms with Gasteiger partial charge >= 0.3 is 0 Å². The molecule has 1 aromatic heterocycles. The van der Waals surface area contributed by atoms with Crippen molar-refractivity contribution >= 4 is 17.8 Å². The Bertz CT molecular complexity index is 340. The van der Waals surface area contributed by atoms with E-state index in [4.69, 9.17) is 11.3 Å². The molecule has 1 rings (SSSR count). The molecule has 0 unspecified atom stereocenters. The molecule has 13 heavy (non-hydrogen) atoms. The Kier molecular flexibility index (Phi) is 2.82. The maximum absolute atomic E-state index is 8.13. The van der Waals surface area contributed by atoms with E-state index in [1.165, 1.54) is 0 Å². The Balaban J connectivity index is 3.03. The van der Waals surface area contributed by atoms with E-state index in [2.05, 4.69) is 30.3 Å². The summed E-state index contributed by atoms with van der Waals surface area (Å²) in [5.74, 6) is 0.289. The molecule has 0 bridgehead atoms. The van der Waals surface area contributed by atoms with E-state index in [0.29, 0.717) is 12.5 Å². The first-order chi connectivity index (χ1) is 6.26. The summed E-state index contributed by atoms with van der Waals surface area (Å²) in [6.45, 7) is 2.53. The molecule has 8 heteroatoms. The molecule has 0 spiro atoms. The number of nitrogen functional groups attached to an aromatic ring is 1. The fourth-order valence-electron chi connectivity index (χ4n) is 0.703. The molecule has 0 saturated carbocycles. The predicted octanol–water partition coefficient (Wildman–Crippen LogP) is 0.827. The number of aromatic nitrogens is 3.